The summed E-state index contributed by atoms with van der Waals surface area (Å²) in [6.45, 7) is 22.5. The van der Waals surface area contributed by atoms with E-state index in [1.165, 1.54) is 12.0 Å². The van der Waals surface area contributed by atoms with Crippen LogP contribution in [-0.2, 0) is 27.3 Å². The summed E-state index contributed by atoms with van der Waals surface area (Å²) in [5.74, 6) is 1.38. The molecule has 0 aliphatic carbocycles. The van der Waals surface area contributed by atoms with Crippen molar-refractivity contribution in [3.63, 3.8) is 0 Å². The molecule has 1 aromatic heterocycles. The number of hydrogen-bond acceptors (Lipinski definition) is 9. The van der Waals surface area contributed by atoms with Gasteiger partial charge in [-0.25, -0.2) is 6.57 Å². The number of anilines is 2. The average molecular weight is 703 g/mol. The third kappa shape index (κ3) is 9.95. The molecule has 1 unspecified atom stereocenters. The van der Waals surface area contributed by atoms with E-state index in [4.69, 9.17) is 47.2 Å². The molecule has 0 N–H and O–H groups in total. The average Bonchev–Trinajstić information content (AvgIpc) is 3.55. The van der Waals surface area contributed by atoms with Gasteiger partial charge in [-0.15, -0.1) is 0 Å². The Morgan fingerprint density at radius 3 is 2.58 bits per heavy atom. The minimum absolute atomic E-state index is 0.250. The molecule has 2 atom stereocenters. The van der Waals surface area contributed by atoms with Crippen molar-refractivity contribution in [2.75, 3.05) is 68.9 Å². The fourth-order valence-electron chi connectivity index (χ4n) is 7.39. The molecule has 6 rings (SSSR count). The van der Waals surface area contributed by atoms with Crippen molar-refractivity contribution < 1.29 is 19.1 Å². The lowest BCUT2D eigenvalue weighted by Gasteiger charge is -2.36. The van der Waals surface area contributed by atoms with Crippen LogP contribution in [0.5, 0.6) is 6.01 Å². The maximum Gasteiger partial charge on any atom is 0.373 e. The van der Waals surface area contributed by atoms with E-state index in [-0.39, 0.29) is 6.15 Å². The fraction of sp³-hybridized carbons (Fsp3) is 0.590. The van der Waals surface area contributed by atoms with Crippen molar-refractivity contribution in [1.82, 2.24) is 14.9 Å². The molecule has 10 nitrogen and oxygen atoms in total. The van der Waals surface area contributed by atoms with Gasteiger partial charge < -0.3 is 24.1 Å². The van der Waals surface area contributed by atoms with Gasteiger partial charge >= 0.3 is 12.2 Å². The highest BCUT2D eigenvalue weighted by Crippen LogP contribution is 2.37. The van der Waals surface area contributed by atoms with E-state index >= 15 is 0 Å². The van der Waals surface area contributed by atoms with Crippen LogP contribution in [0, 0.1) is 17.9 Å². The van der Waals surface area contributed by atoms with Gasteiger partial charge in [0.2, 0.25) is 6.54 Å². The third-order valence-corrected chi connectivity index (χ3v) is 10.3. The molecule has 11 heteroatoms. The predicted molar refractivity (Wildman–Crippen MR) is 197 cm³/mol. The first-order valence-corrected chi connectivity index (χ1v) is 18.4. The number of piperidine rings is 1. The first-order valence-electron chi connectivity index (χ1n) is 18.0. The number of likely N-dealkylation sites (tertiary alicyclic amines) is 1. The highest BCUT2D eigenvalue weighted by atomic mass is 35.5. The Morgan fingerprint density at radius 2 is 1.80 bits per heavy atom. The smallest absolute Gasteiger partial charge is 0.373 e. The fourth-order valence-corrected chi connectivity index (χ4v) is 7.67. The molecule has 268 valence electrons. The van der Waals surface area contributed by atoms with Gasteiger partial charge in [0.15, 0.2) is 0 Å². The quantitative estimate of drug-likeness (QED) is 0.145. The van der Waals surface area contributed by atoms with Gasteiger partial charge in [-0.3, -0.25) is 4.90 Å². The van der Waals surface area contributed by atoms with Crippen LogP contribution in [0.3, 0.4) is 0 Å². The molecule has 3 aliphatic heterocycles. The number of aromatic nitrogens is 2. The second-order valence-corrected chi connectivity index (χ2v) is 15.2. The molecule has 2 fully saturated rings. The minimum Gasteiger partial charge on any atom is -0.462 e. The Balaban J connectivity index is 0.00000156. The topological polar surface area (TPSA) is 92.5 Å². The van der Waals surface area contributed by atoms with Crippen molar-refractivity contribution in [3.05, 3.63) is 64.1 Å². The molecule has 4 heterocycles. The van der Waals surface area contributed by atoms with Crippen LogP contribution in [0.15, 0.2) is 36.4 Å². The molecule has 0 amide bonds. The zero-order valence-corrected chi connectivity index (χ0v) is 30.6. The van der Waals surface area contributed by atoms with Crippen molar-refractivity contribution in [2.45, 2.75) is 78.3 Å². The lowest BCUT2D eigenvalue weighted by atomic mass is 9.93. The summed E-state index contributed by atoms with van der Waals surface area (Å²) in [5, 5.41) is 3.00. The summed E-state index contributed by atoms with van der Waals surface area (Å²) in [5.41, 5.74) is 3.70. The van der Waals surface area contributed by atoms with Gasteiger partial charge in [0, 0.05) is 68.0 Å². The maximum absolute atomic E-state index is 8.12. The van der Waals surface area contributed by atoms with Gasteiger partial charge in [0.1, 0.15) is 12.4 Å². The summed E-state index contributed by atoms with van der Waals surface area (Å²) in [4.78, 5) is 37.5. The molecule has 3 aromatic rings. The first-order chi connectivity index (χ1) is 24.2. The summed E-state index contributed by atoms with van der Waals surface area (Å²) < 4.78 is 12.4. The summed E-state index contributed by atoms with van der Waals surface area (Å²) in [7, 11) is 0. The predicted octanol–water partition coefficient (Wildman–Crippen LogP) is 7.08. The molecule has 50 heavy (non-hydrogen) atoms. The second kappa shape index (κ2) is 18.0. The minimum atomic E-state index is 0.250. The summed E-state index contributed by atoms with van der Waals surface area (Å²) >= 11 is 6.75. The van der Waals surface area contributed by atoms with Crippen molar-refractivity contribution in [1.29, 1.82) is 0 Å². The highest BCUT2D eigenvalue weighted by molar-refractivity contribution is 6.36. The van der Waals surface area contributed by atoms with E-state index in [0.717, 1.165) is 117 Å². The largest absolute Gasteiger partial charge is 0.462 e. The number of nitrogens with zero attached hydrogens (tertiary/aromatic N) is 6. The van der Waals surface area contributed by atoms with Gasteiger partial charge in [-0.05, 0) is 74.4 Å². The summed E-state index contributed by atoms with van der Waals surface area (Å²) in [6, 6.07) is 13.3. The zero-order valence-electron chi connectivity index (χ0n) is 29.8. The number of hydrogen-bond donors (Lipinski definition) is 0. The Labute approximate surface area is 301 Å². The van der Waals surface area contributed by atoms with E-state index < -0.39 is 0 Å². The number of ether oxygens (including phenoxy) is 2. The Morgan fingerprint density at radius 1 is 1.02 bits per heavy atom. The van der Waals surface area contributed by atoms with E-state index in [1.807, 2.05) is 12.1 Å². The standard InChI is InChI=1S/C38H51ClN6O2.CO2/c1-38(2,3)17-23-46-22-9-20-43-18-8-13-30(43)27-47-37-41-33-26-44(34-15-6-12-29-11-5-14-32(39)35(29)34)21-16-31(33)36(42-37)45-19-7-10-28(25-45)24-40-4;2-1-3/h5-6,11-12,14-15,28,30H,7-10,13,16-27H2,1-3H3;/t28-,30?;/m0./s1. The van der Waals surface area contributed by atoms with Crippen LogP contribution in [0.2, 0.25) is 5.02 Å². The van der Waals surface area contributed by atoms with Gasteiger partial charge in [-0.1, -0.05) is 56.6 Å². The maximum atomic E-state index is 8.12. The Bertz CT molecular complexity index is 1640. The lowest BCUT2D eigenvalue weighted by molar-refractivity contribution is -0.191. The molecule has 0 saturated carbocycles. The molecule has 0 radical (unpaired) electrons. The summed E-state index contributed by atoms with van der Waals surface area (Å²) in [6.07, 6.45) is 7.72. The molecular weight excluding hydrogens is 652 g/mol. The first kappa shape index (κ1) is 37.5. The van der Waals surface area contributed by atoms with Gasteiger partial charge in [-0.2, -0.15) is 19.6 Å². The van der Waals surface area contributed by atoms with Crippen LogP contribution in [0.25, 0.3) is 15.6 Å². The Hall–Kier alpha value is -3.74. The molecular formula is C39H51ClN6O4. The van der Waals surface area contributed by atoms with Crippen molar-refractivity contribution in [3.8, 4) is 6.01 Å². The van der Waals surface area contributed by atoms with E-state index in [2.05, 4.69) is 64.6 Å². The highest BCUT2D eigenvalue weighted by Gasteiger charge is 2.31. The van der Waals surface area contributed by atoms with Gasteiger partial charge in [0.05, 0.1) is 17.3 Å². The van der Waals surface area contributed by atoms with E-state index in [1.54, 1.807) is 0 Å². The Kier molecular flexibility index (Phi) is 13.5. The molecule has 0 spiro atoms. The second-order valence-electron chi connectivity index (χ2n) is 14.8. The van der Waals surface area contributed by atoms with Gasteiger partial charge in [0.25, 0.3) is 0 Å². The van der Waals surface area contributed by atoms with Crippen LogP contribution in [0.1, 0.15) is 70.6 Å². The van der Waals surface area contributed by atoms with Crippen LogP contribution in [-0.4, -0.2) is 86.2 Å². The van der Waals surface area contributed by atoms with Crippen LogP contribution in [0.4, 0.5) is 11.5 Å². The van der Waals surface area contributed by atoms with Crippen LogP contribution >= 0.6 is 11.6 Å². The number of halogens is 1. The van der Waals surface area contributed by atoms with Crippen molar-refractivity contribution in [2.24, 2.45) is 11.3 Å². The number of benzene rings is 2. The number of fused-ring (bicyclic) bond motifs is 2. The number of rotatable bonds is 12. The monoisotopic (exact) mass is 702 g/mol. The molecule has 2 saturated heterocycles. The molecule has 0 bridgehead atoms. The number of carbonyl (C=O) groups excluding carboxylic acids is 2. The SMILES string of the molecule is O=C=O.[C-]#[N+]C[C@@H]1CCCN(c2nc(OCC3CCCN3CCCOCCC(C)(C)C)nc3c2CCN(c2cccc4cccc(Cl)c24)C3)C1. The normalized spacial score (nSPS) is 19.3. The van der Waals surface area contributed by atoms with E-state index in [9.17, 15) is 0 Å². The lowest BCUT2D eigenvalue weighted by Crippen LogP contribution is -2.40. The van der Waals surface area contributed by atoms with Crippen molar-refractivity contribution >= 4 is 40.0 Å². The zero-order chi connectivity index (χ0) is 35.5. The third-order valence-electron chi connectivity index (χ3n) is 10.00. The van der Waals surface area contributed by atoms with Crippen LogP contribution < -0.4 is 14.5 Å². The van der Waals surface area contributed by atoms with E-state index in [0.29, 0.717) is 43.1 Å². The molecule has 2 aromatic carbocycles. The molecule has 3 aliphatic rings.